The average Bonchev–Trinajstić information content (AvgIpc) is 2.46. The highest BCUT2D eigenvalue weighted by molar-refractivity contribution is 5.90. The van der Waals surface area contributed by atoms with Crippen LogP contribution in [0.5, 0.6) is 0 Å². The Morgan fingerprint density at radius 2 is 1.79 bits per heavy atom. The summed E-state index contributed by atoms with van der Waals surface area (Å²) in [6, 6.07) is 7.96. The van der Waals surface area contributed by atoms with Gasteiger partial charge in [-0.3, -0.25) is 0 Å². The van der Waals surface area contributed by atoms with Crippen molar-refractivity contribution in [3.63, 3.8) is 0 Å². The van der Waals surface area contributed by atoms with Gasteiger partial charge in [-0.2, -0.15) is 0 Å². The summed E-state index contributed by atoms with van der Waals surface area (Å²) >= 11 is 0. The first-order valence-electron chi connectivity index (χ1n) is 6.85. The molecule has 0 heterocycles. The van der Waals surface area contributed by atoms with Crippen LogP contribution in [0.4, 0.5) is 0 Å². The van der Waals surface area contributed by atoms with Crippen LogP contribution >= 0.6 is 0 Å². The molecule has 0 spiro atoms. The molecular weight excluding hydrogens is 240 g/mol. The Kier molecular flexibility index (Phi) is 4.74. The van der Waals surface area contributed by atoms with Gasteiger partial charge in [0.15, 0.2) is 0 Å². The van der Waals surface area contributed by atoms with Crippen molar-refractivity contribution in [1.82, 2.24) is 0 Å². The zero-order chi connectivity index (χ0) is 13.7. The standard InChI is InChI=1S/C16H20O3/c17-11-15(10-16(18)19)14-8-6-13(7-9-14)12-4-2-1-3-5-12/h6-10,12,17H,1-5,11H2,(H,18,19)/b15-10+. The van der Waals surface area contributed by atoms with Gasteiger partial charge in [-0.25, -0.2) is 4.79 Å². The normalized spacial score (nSPS) is 17.4. The fourth-order valence-corrected chi connectivity index (χ4v) is 2.77. The molecule has 2 rings (SSSR count). The molecule has 1 saturated carbocycles. The lowest BCUT2D eigenvalue weighted by Crippen LogP contribution is -2.04. The SMILES string of the molecule is O=C(O)/C=C(\CO)c1ccc(C2CCCCC2)cc1. The highest BCUT2D eigenvalue weighted by Gasteiger charge is 2.15. The first-order valence-corrected chi connectivity index (χ1v) is 6.85. The Hall–Kier alpha value is -1.61. The molecule has 2 N–H and O–H groups in total. The highest BCUT2D eigenvalue weighted by Crippen LogP contribution is 2.33. The van der Waals surface area contributed by atoms with Crippen molar-refractivity contribution in [2.75, 3.05) is 6.61 Å². The molecule has 1 aliphatic rings. The molecule has 1 aliphatic carbocycles. The second-order valence-electron chi connectivity index (χ2n) is 5.12. The van der Waals surface area contributed by atoms with E-state index in [2.05, 4.69) is 12.1 Å². The van der Waals surface area contributed by atoms with Crippen LogP contribution in [0.1, 0.15) is 49.1 Å². The first kappa shape index (κ1) is 13.8. The molecule has 0 saturated heterocycles. The third-order valence-corrected chi connectivity index (χ3v) is 3.83. The van der Waals surface area contributed by atoms with Crippen LogP contribution in [0.3, 0.4) is 0 Å². The van der Waals surface area contributed by atoms with Gasteiger partial charge in [0.1, 0.15) is 0 Å². The van der Waals surface area contributed by atoms with Crippen LogP contribution in [0.15, 0.2) is 30.3 Å². The van der Waals surface area contributed by atoms with E-state index in [1.165, 1.54) is 37.7 Å². The molecular formula is C16H20O3. The number of benzene rings is 1. The fraction of sp³-hybridized carbons (Fsp3) is 0.438. The molecule has 1 aromatic carbocycles. The maximum absolute atomic E-state index is 10.7. The predicted octanol–water partition coefficient (Wildman–Crippen LogP) is 3.19. The third kappa shape index (κ3) is 3.67. The molecule has 3 nitrogen and oxygen atoms in total. The number of carboxylic acids is 1. The average molecular weight is 260 g/mol. The molecule has 1 aromatic rings. The summed E-state index contributed by atoms with van der Waals surface area (Å²) in [7, 11) is 0. The lowest BCUT2D eigenvalue weighted by atomic mass is 9.83. The van der Waals surface area contributed by atoms with Gasteiger partial charge in [-0.15, -0.1) is 0 Å². The van der Waals surface area contributed by atoms with Crippen LogP contribution in [0.2, 0.25) is 0 Å². The number of hydrogen-bond acceptors (Lipinski definition) is 2. The number of aliphatic hydroxyl groups excluding tert-OH is 1. The largest absolute Gasteiger partial charge is 0.478 e. The minimum absolute atomic E-state index is 0.255. The molecule has 0 bridgehead atoms. The van der Waals surface area contributed by atoms with Gasteiger partial charge in [-0.1, -0.05) is 43.5 Å². The van der Waals surface area contributed by atoms with Gasteiger partial charge < -0.3 is 10.2 Å². The maximum Gasteiger partial charge on any atom is 0.328 e. The molecule has 0 unspecified atom stereocenters. The summed E-state index contributed by atoms with van der Waals surface area (Å²) in [5.74, 6) is -0.385. The maximum atomic E-state index is 10.7. The Balaban J connectivity index is 2.15. The summed E-state index contributed by atoms with van der Waals surface area (Å²) < 4.78 is 0. The molecule has 102 valence electrons. The van der Waals surface area contributed by atoms with Gasteiger partial charge in [0.25, 0.3) is 0 Å². The fourth-order valence-electron chi connectivity index (χ4n) is 2.77. The van der Waals surface area contributed by atoms with Crippen molar-refractivity contribution in [3.8, 4) is 0 Å². The quantitative estimate of drug-likeness (QED) is 0.817. The third-order valence-electron chi connectivity index (χ3n) is 3.83. The van der Waals surface area contributed by atoms with Crippen LogP contribution in [0.25, 0.3) is 5.57 Å². The Morgan fingerprint density at radius 3 is 2.32 bits per heavy atom. The topological polar surface area (TPSA) is 57.5 Å². The predicted molar refractivity (Wildman–Crippen MR) is 75.0 cm³/mol. The van der Waals surface area contributed by atoms with Crippen molar-refractivity contribution < 1.29 is 15.0 Å². The van der Waals surface area contributed by atoms with E-state index in [4.69, 9.17) is 5.11 Å². The summed E-state index contributed by atoms with van der Waals surface area (Å²) in [6.07, 6.45) is 7.50. The zero-order valence-electron chi connectivity index (χ0n) is 11.0. The summed E-state index contributed by atoms with van der Waals surface area (Å²) in [4.78, 5) is 10.7. The molecule has 3 heteroatoms. The number of hydrogen-bond donors (Lipinski definition) is 2. The number of rotatable bonds is 4. The minimum Gasteiger partial charge on any atom is -0.478 e. The lowest BCUT2D eigenvalue weighted by Gasteiger charge is -2.22. The number of carboxylic acid groups (broad SMARTS) is 1. The summed E-state index contributed by atoms with van der Waals surface area (Å²) in [5.41, 5.74) is 2.56. The number of aliphatic carboxylic acids is 1. The first-order chi connectivity index (χ1) is 9.20. The molecule has 0 aromatic heterocycles. The smallest absolute Gasteiger partial charge is 0.328 e. The lowest BCUT2D eigenvalue weighted by molar-refractivity contribution is -0.131. The van der Waals surface area contributed by atoms with E-state index in [-0.39, 0.29) is 6.61 Å². The molecule has 0 aliphatic heterocycles. The van der Waals surface area contributed by atoms with E-state index < -0.39 is 5.97 Å². The molecule has 0 amide bonds. The zero-order valence-corrected chi connectivity index (χ0v) is 11.0. The van der Waals surface area contributed by atoms with Gasteiger partial charge in [-0.05, 0) is 35.5 Å². The summed E-state index contributed by atoms with van der Waals surface area (Å²) in [5, 5.41) is 18.0. The van der Waals surface area contributed by atoms with E-state index >= 15 is 0 Å². The number of aliphatic hydroxyl groups is 1. The summed E-state index contributed by atoms with van der Waals surface area (Å²) in [6.45, 7) is -0.255. The van der Waals surface area contributed by atoms with Crippen molar-refractivity contribution in [3.05, 3.63) is 41.5 Å². The van der Waals surface area contributed by atoms with Crippen LogP contribution in [-0.2, 0) is 4.79 Å². The molecule has 0 radical (unpaired) electrons. The van der Waals surface area contributed by atoms with Crippen LogP contribution < -0.4 is 0 Å². The Bertz CT molecular complexity index is 453. The van der Waals surface area contributed by atoms with Crippen molar-refractivity contribution in [2.24, 2.45) is 0 Å². The molecule has 1 fully saturated rings. The monoisotopic (exact) mass is 260 g/mol. The minimum atomic E-state index is -1.03. The second kappa shape index (κ2) is 6.53. The van der Waals surface area contributed by atoms with Crippen molar-refractivity contribution >= 4 is 11.5 Å². The molecule has 19 heavy (non-hydrogen) atoms. The highest BCUT2D eigenvalue weighted by atomic mass is 16.4. The van der Waals surface area contributed by atoms with Gasteiger partial charge in [0, 0.05) is 6.08 Å². The van der Waals surface area contributed by atoms with Crippen LogP contribution in [-0.4, -0.2) is 22.8 Å². The van der Waals surface area contributed by atoms with E-state index in [0.717, 1.165) is 11.6 Å². The van der Waals surface area contributed by atoms with Crippen molar-refractivity contribution in [1.29, 1.82) is 0 Å². The van der Waals surface area contributed by atoms with E-state index in [0.29, 0.717) is 11.5 Å². The van der Waals surface area contributed by atoms with E-state index in [1.54, 1.807) is 0 Å². The van der Waals surface area contributed by atoms with Crippen molar-refractivity contribution in [2.45, 2.75) is 38.0 Å². The Labute approximate surface area is 113 Å². The van der Waals surface area contributed by atoms with Gasteiger partial charge >= 0.3 is 5.97 Å². The van der Waals surface area contributed by atoms with Crippen LogP contribution in [0, 0.1) is 0 Å². The second-order valence-corrected chi connectivity index (χ2v) is 5.12. The molecule has 0 atom stereocenters. The van der Waals surface area contributed by atoms with E-state index in [1.807, 2.05) is 12.1 Å². The van der Waals surface area contributed by atoms with Gasteiger partial charge in [0.05, 0.1) is 6.61 Å². The van der Waals surface area contributed by atoms with Gasteiger partial charge in [0.2, 0.25) is 0 Å². The number of carbonyl (C=O) groups is 1. The Morgan fingerprint density at radius 1 is 1.16 bits per heavy atom. The van der Waals surface area contributed by atoms with E-state index in [9.17, 15) is 9.90 Å².